The molecule has 2 N–H and O–H groups in total. The molecule has 6 nitrogen and oxygen atoms in total. The number of pyridine rings is 1. The van der Waals surface area contributed by atoms with Gasteiger partial charge in [0.25, 0.3) is 5.91 Å². The minimum Gasteiger partial charge on any atom is -0.348 e. The number of halogens is 2. The predicted octanol–water partition coefficient (Wildman–Crippen LogP) is 3.92. The second-order valence-electron chi connectivity index (χ2n) is 7.45. The molecule has 0 spiro atoms. The van der Waals surface area contributed by atoms with E-state index in [1.807, 2.05) is 28.9 Å². The molecule has 4 rings (SSSR count). The molecule has 156 valence electrons. The molecule has 1 saturated heterocycles. The minimum atomic E-state index is -0.0609. The summed E-state index contributed by atoms with van der Waals surface area (Å²) < 4.78 is 1.88. The molecule has 0 saturated carbocycles. The Morgan fingerprint density at radius 3 is 2.69 bits per heavy atom. The fraction of sp³-hybridized carbons (Fsp3) is 0.381. The van der Waals surface area contributed by atoms with Crippen LogP contribution in [0.25, 0.3) is 22.3 Å². The number of hydrogen-bond acceptors (Lipinski definition) is 4. The second-order valence-corrected chi connectivity index (χ2v) is 7.45. The Kier molecular flexibility index (Phi) is 7.63. The van der Waals surface area contributed by atoms with E-state index < -0.39 is 0 Å². The van der Waals surface area contributed by atoms with E-state index in [-0.39, 0.29) is 42.8 Å². The van der Waals surface area contributed by atoms with Crippen molar-refractivity contribution >= 4 is 41.8 Å². The molecule has 29 heavy (non-hydrogen) atoms. The number of rotatable bonds is 4. The molecule has 3 heterocycles. The number of hydrogen-bond donors (Lipinski definition) is 2. The number of fused-ring (bicyclic) bond motifs is 1. The third-order valence-corrected chi connectivity index (χ3v) is 5.12. The summed E-state index contributed by atoms with van der Waals surface area (Å²) in [6.07, 6.45) is 2.71. The van der Waals surface area contributed by atoms with E-state index in [4.69, 9.17) is 4.98 Å². The highest BCUT2D eigenvalue weighted by atomic mass is 35.5. The van der Waals surface area contributed by atoms with Crippen LogP contribution in [-0.4, -0.2) is 39.8 Å². The topological polar surface area (TPSA) is 71.8 Å². The fourth-order valence-corrected chi connectivity index (χ4v) is 3.62. The SMILES string of the molecule is Cc1ccccc1-c1cc(C(=O)NC2CCNC2)c2cnn(C(C)C)c2n1.Cl.Cl. The molecule has 1 aliphatic heterocycles. The van der Waals surface area contributed by atoms with E-state index in [2.05, 4.69) is 42.6 Å². The van der Waals surface area contributed by atoms with Crippen molar-refractivity contribution in [3.05, 3.63) is 47.7 Å². The van der Waals surface area contributed by atoms with Gasteiger partial charge in [0.15, 0.2) is 5.65 Å². The molecule has 0 radical (unpaired) electrons. The van der Waals surface area contributed by atoms with Crippen molar-refractivity contribution in [2.75, 3.05) is 13.1 Å². The highest BCUT2D eigenvalue weighted by molar-refractivity contribution is 6.06. The van der Waals surface area contributed by atoms with Crippen molar-refractivity contribution in [3.63, 3.8) is 0 Å². The molecule has 1 amide bonds. The quantitative estimate of drug-likeness (QED) is 0.650. The van der Waals surface area contributed by atoms with Crippen LogP contribution >= 0.6 is 24.8 Å². The zero-order valence-electron chi connectivity index (χ0n) is 16.8. The summed E-state index contributed by atoms with van der Waals surface area (Å²) in [6.45, 7) is 7.95. The summed E-state index contributed by atoms with van der Waals surface area (Å²) >= 11 is 0. The van der Waals surface area contributed by atoms with E-state index in [1.165, 1.54) is 0 Å². The lowest BCUT2D eigenvalue weighted by molar-refractivity contribution is 0.0941. The minimum absolute atomic E-state index is 0. The largest absolute Gasteiger partial charge is 0.348 e. The van der Waals surface area contributed by atoms with Crippen LogP contribution < -0.4 is 10.6 Å². The molecular weight excluding hydrogens is 409 g/mol. The summed E-state index contributed by atoms with van der Waals surface area (Å²) in [5.74, 6) is -0.0609. The van der Waals surface area contributed by atoms with E-state index in [9.17, 15) is 4.79 Å². The van der Waals surface area contributed by atoms with E-state index in [1.54, 1.807) is 6.20 Å². The normalized spacial score (nSPS) is 15.8. The molecule has 1 aromatic carbocycles. The van der Waals surface area contributed by atoms with Crippen LogP contribution in [0.3, 0.4) is 0 Å². The maximum Gasteiger partial charge on any atom is 0.252 e. The second kappa shape index (κ2) is 9.57. The average Bonchev–Trinajstić information content (AvgIpc) is 3.30. The Morgan fingerprint density at radius 2 is 2.03 bits per heavy atom. The summed E-state index contributed by atoms with van der Waals surface area (Å²) in [6, 6.07) is 10.3. The van der Waals surface area contributed by atoms with E-state index in [0.717, 1.165) is 47.4 Å². The molecule has 1 aliphatic rings. The molecule has 1 fully saturated rings. The van der Waals surface area contributed by atoms with Gasteiger partial charge >= 0.3 is 0 Å². The van der Waals surface area contributed by atoms with Crippen molar-refractivity contribution in [1.29, 1.82) is 0 Å². The lowest BCUT2D eigenvalue weighted by Crippen LogP contribution is -2.36. The van der Waals surface area contributed by atoms with Gasteiger partial charge in [-0.2, -0.15) is 5.10 Å². The molecule has 8 heteroatoms. The zero-order valence-corrected chi connectivity index (χ0v) is 18.4. The molecule has 0 bridgehead atoms. The van der Waals surface area contributed by atoms with Crippen LogP contribution in [0.4, 0.5) is 0 Å². The van der Waals surface area contributed by atoms with Gasteiger partial charge in [-0.1, -0.05) is 24.3 Å². The van der Waals surface area contributed by atoms with Gasteiger partial charge in [-0.25, -0.2) is 9.67 Å². The number of aryl methyl sites for hydroxylation is 1. The first kappa shape index (κ1) is 23.1. The van der Waals surface area contributed by atoms with E-state index >= 15 is 0 Å². The van der Waals surface area contributed by atoms with Gasteiger partial charge in [0, 0.05) is 24.2 Å². The number of nitrogens with one attached hydrogen (secondary N) is 2. The third kappa shape index (κ3) is 4.55. The fourth-order valence-electron chi connectivity index (χ4n) is 3.62. The van der Waals surface area contributed by atoms with Crippen LogP contribution in [0.5, 0.6) is 0 Å². The third-order valence-electron chi connectivity index (χ3n) is 5.12. The smallest absolute Gasteiger partial charge is 0.252 e. The summed E-state index contributed by atoms with van der Waals surface area (Å²) in [5.41, 5.74) is 4.36. The van der Waals surface area contributed by atoms with Gasteiger partial charge in [0.1, 0.15) is 0 Å². The summed E-state index contributed by atoms with van der Waals surface area (Å²) in [7, 11) is 0. The maximum absolute atomic E-state index is 13.1. The van der Waals surface area contributed by atoms with Gasteiger partial charge in [0.05, 0.1) is 22.8 Å². The molecule has 1 unspecified atom stereocenters. The predicted molar refractivity (Wildman–Crippen MR) is 121 cm³/mol. The van der Waals surface area contributed by atoms with Crippen molar-refractivity contribution in [1.82, 2.24) is 25.4 Å². The first-order chi connectivity index (χ1) is 13.0. The van der Waals surface area contributed by atoms with Gasteiger partial charge in [0.2, 0.25) is 0 Å². The standard InChI is InChI=1S/C21H25N5O.2ClH/c1-13(2)26-20-18(12-23-26)17(21(27)24-15-8-9-22-11-15)10-19(25-20)16-7-5-4-6-14(16)3;;/h4-7,10,12-13,15,22H,8-9,11H2,1-3H3,(H,24,27);2*1H. The van der Waals surface area contributed by atoms with E-state index in [0.29, 0.717) is 5.56 Å². The number of carbonyl (C=O) groups excluding carboxylic acids is 1. The molecule has 2 aromatic heterocycles. The van der Waals surface area contributed by atoms with Gasteiger partial charge < -0.3 is 10.6 Å². The number of carbonyl (C=O) groups is 1. The van der Waals surface area contributed by atoms with Crippen LogP contribution in [0, 0.1) is 6.92 Å². The Labute approximate surface area is 183 Å². The molecule has 1 atom stereocenters. The van der Waals surface area contributed by atoms with Crippen LogP contribution in [0.2, 0.25) is 0 Å². The lowest BCUT2D eigenvalue weighted by atomic mass is 10.0. The highest BCUT2D eigenvalue weighted by Crippen LogP contribution is 2.28. The zero-order chi connectivity index (χ0) is 19.0. The first-order valence-corrected chi connectivity index (χ1v) is 9.50. The van der Waals surface area contributed by atoms with Crippen molar-refractivity contribution in [3.8, 4) is 11.3 Å². The molecular formula is C21H27Cl2N5O. The van der Waals surface area contributed by atoms with Crippen molar-refractivity contribution < 1.29 is 4.79 Å². The summed E-state index contributed by atoms with van der Waals surface area (Å²) in [5, 5.41) is 11.7. The number of amides is 1. The number of nitrogens with zero attached hydrogens (tertiary/aromatic N) is 3. The maximum atomic E-state index is 13.1. The van der Waals surface area contributed by atoms with Gasteiger partial charge in [-0.3, -0.25) is 4.79 Å². The van der Waals surface area contributed by atoms with Crippen LogP contribution in [0.1, 0.15) is 42.2 Å². The summed E-state index contributed by atoms with van der Waals surface area (Å²) in [4.78, 5) is 17.9. The Hall–Kier alpha value is -2.15. The van der Waals surface area contributed by atoms with Gasteiger partial charge in [-0.15, -0.1) is 24.8 Å². The van der Waals surface area contributed by atoms with Crippen LogP contribution in [-0.2, 0) is 0 Å². The Morgan fingerprint density at radius 1 is 1.28 bits per heavy atom. The highest BCUT2D eigenvalue weighted by Gasteiger charge is 2.22. The van der Waals surface area contributed by atoms with Crippen molar-refractivity contribution in [2.45, 2.75) is 39.3 Å². The molecule has 0 aliphatic carbocycles. The number of aromatic nitrogens is 3. The number of benzene rings is 1. The van der Waals surface area contributed by atoms with Crippen molar-refractivity contribution in [2.24, 2.45) is 0 Å². The Balaban J connectivity index is 0.00000150. The lowest BCUT2D eigenvalue weighted by Gasteiger charge is -2.14. The van der Waals surface area contributed by atoms with Crippen LogP contribution in [0.15, 0.2) is 36.5 Å². The Bertz CT molecular complexity index is 996. The van der Waals surface area contributed by atoms with Gasteiger partial charge in [-0.05, 0) is 45.4 Å². The average molecular weight is 436 g/mol. The first-order valence-electron chi connectivity index (χ1n) is 9.50. The molecule has 3 aromatic rings. The monoisotopic (exact) mass is 435 g/mol.